The third kappa shape index (κ3) is 4.37. The van der Waals surface area contributed by atoms with E-state index in [0.717, 1.165) is 44.3 Å². The topological polar surface area (TPSA) is 32.8 Å². The lowest BCUT2D eigenvalue weighted by atomic mass is 9.88. The van der Waals surface area contributed by atoms with E-state index in [0.29, 0.717) is 16.6 Å². The number of furan rings is 1. The summed E-state index contributed by atoms with van der Waals surface area (Å²) >= 11 is 0. The number of aromatic nitrogens is 2. The SMILES string of the molecule is [2H]C([2H])([2H])c1ccc(-c2[nH]c3ccccc3[n+]2-c2c(C(C)C)cc(-c3ccccc3)cc2C(C)C)c2oc3cc4ccccc4cc3c12. The molecule has 0 atom stereocenters. The Morgan fingerprint density at radius 1 is 0.689 bits per heavy atom. The molecule has 0 aliphatic carbocycles. The van der Waals surface area contributed by atoms with Crippen LogP contribution in [0.2, 0.25) is 0 Å². The van der Waals surface area contributed by atoms with Crippen LogP contribution in [0.25, 0.3) is 71.9 Å². The molecule has 0 unspecified atom stereocenters. The van der Waals surface area contributed by atoms with Gasteiger partial charge in [0.2, 0.25) is 0 Å². The molecule has 0 saturated heterocycles. The fourth-order valence-corrected chi connectivity index (χ4v) is 6.87. The van der Waals surface area contributed by atoms with Crippen molar-refractivity contribution >= 4 is 43.7 Å². The molecule has 0 fully saturated rings. The van der Waals surface area contributed by atoms with Crippen molar-refractivity contribution in [2.45, 2.75) is 46.4 Å². The van der Waals surface area contributed by atoms with E-state index in [1.807, 2.05) is 30.3 Å². The number of imidazole rings is 1. The molecule has 45 heavy (non-hydrogen) atoms. The molecule has 3 heteroatoms. The molecule has 0 aliphatic heterocycles. The molecule has 0 amide bonds. The Morgan fingerprint density at radius 2 is 1.36 bits per heavy atom. The molecule has 1 N–H and O–H groups in total. The summed E-state index contributed by atoms with van der Waals surface area (Å²) in [5, 5.41) is 3.52. The molecule has 6 aromatic carbocycles. The van der Waals surface area contributed by atoms with Crippen molar-refractivity contribution in [2.75, 3.05) is 0 Å². The van der Waals surface area contributed by atoms with Gasteiger partial charge in [0.25, 0.3) is 5.82 Å². The number of benzene rings is 6. The van der Waals surface area contributed by atoms with Crippen LogP contribution in [0.5, 0.6) is 0 Å². The number of aryl methyl sites for hydroxylation is 1. The summed E-state index contributed by atoms with van der Waals surface area (Å²) < 4.78 is 34.5. The Morgan fingerprint density at radius 3 is 2.07 bits per heavy atom. The molecular weight excluding hydrogens is 548 g/mol. The first-order valence-electron chi connectivity index (χ1n) is 17.3. The van der Waals surface area contributed by atoms with Crippen molar-refractivity contribution in [2.24, 2.45) is 0 Å². The molecule has 0 saturated carbocycles. The van der Waals surface area contributed by atoms with Crippen molar-refractivity contribution in [3.63, 3.8) is 0 Å². The van der Waals surface area contributed by atoms with E-state index in [1.165, 1.54) is 22.3 Å². The van der Waals surface area contributed by atoms with Gasteiger partial charge in [-0.15, -0.1) is 0 Å². The minimum absolute atomic E-state index is 0.228. The molecule has 8 aromatic rings. The summed E-state index contributed by atoms with van der Waals surface area (Å²) in [4.78, 5) is 3.75. The van der Waals surface area contributed by atoms with Crippen molar-refractivity contribution in [1.29, 1.82) is 0 Å². The highest BCUT2D eigenvalue weighted by Gasteiger charge is 2.31. The van der Waals surface area contributed by atoms with Crippen LogP contribution in [0.4, 0.5) is 0 Å². The smallest absolute Gasteiger partial charge is 0.296 e. The maximum absolute atomic E-state index is 8.49. The number of nitrogens with zero attached hydrogens (tertiary/aromatic N) is 1. The predicted molar refractivity (Wildman–Crippen MR) is 188 cm³/mol. The van der Waals surface area contributed by atoms with Gasteiger partial charge in [-0.1, -0.05) is 100 Å². The van der Waals surface area contributed by atoms with Crippen molar-refractivity contribution < 1.29 is 13.1 Å². The molecule has 0 radical (unpaired) electrons. The maximum Gasteiger partial charge on any atom is 0.296 e. The summed E-state index contributed by atoms with van der Waals surface area (Å²) in [5.41, 5.74) is 10.4. The zero-order valence-electron chi connectivity index (χ0n) is 29.0. The fraction of sp³-hybridized carbons (Fsp3) is 0.167. The minimum Gasteiger partial charge on any atom is -0.455 e. The molecule has 0 aliphatic rings. The molecule has 2 aromatic heterocycles. The lowest BCUT2D eigenvalue weighted by molar-refractivity contribution is -0.556. The number of para-hydroxylation sites is 2. The van der Waals surface area contributed by atoms with E-state index in [2.05, 4.69) is 116 Å². The molecule has 8 rings (SSSR count). The monoisotopic (exact) mass is 588 g/mol. The number of hydrogen-bond acceptors (Lipinski definition) is 1. The summed E-state index contributed by atoms with van der Waals surface area (Å²) in [6.07, 6.45) is 0. The first-order valence-corrected chi connectivity index (χ1v) is 15.8. The Balaban J connectivity index is 1.50. The van der Waals surface area contributed by atoms with Crippen LogP contribution in [0.3, 0.4) is 0 Å². The van der Waals surface area contributed by atoms with Gasteiger partial charge in [0.05, 0.1) is 0 Å². The summed E-state index contributed by atoms with van der Waals surface area (Å²) in [7, 11) is 0. The van der Waals surface area contributed by atoms with Crippen molar-refractivity contribution in [3.8, 4) is 28.2 Å². The fourth-order valence-electron chi connectivity index (χ4n) is 6.87. The number of aromatic amines is 1. The Bertz CT molecular complexity index is 2470. The van der Waals surface area contributed by atoms with Crippen LogP contribution in [0.1, 0.15) is 60.3 Å². The Kier molecular flexibility index (Phi) is 5.64. The van der Waals surface area contributed by atoms with Gasteiger partial charge in [-0.2, -0.15) is 4.57 Å². The highest BCUT2D eigenvalue weighted by molar-refractivity contribution is 6.14. The van der Waals surface area contributed by atoms with Crippen LogP contribution in [-0.4, -0.2) is 4.98 Å². The van der Waals surface area contributed by atoms with Gasteiger partial charge in [0.15, 0.2) is 16.6 Å². The van der Waals surface area contributed by atoms with E-state index >= 15 is 0 Å². The first kappa shape index (κ1) is 24.2. The summed E-state index contributed by atoms with van der Waals surface area (Å²) in [6.45, 7) is 6.68. The van der Waals surface area contributed by atoms with E-state index in [1.54, 1.807) is 6.07 Å². The normalized spacial score (nSPS) is 13.3. The largest absolute Gasteiger partial charge is 0.455 e. The summed E-state index contributed by atoms with van der Waals surface area (Å²) in [6, 6.07) is 39.4. The van der Waals surface area contributed by atoms with Crippen LogP contribution in [0, 0.1) is 6.85 Å². The second kappa shape index (κ2) is 10.5. The second-order valence-electron chi connectivity index (χ2n) is 12.7. The Labute approximate surface area is 268 Å². The average molecular weight is 589 g/mol. The number of H-pyrrole nitrogens is 1. The Hall–Kier alpha value is -5.15. The van der Waals surface area contributed by atoms with Crippen LogP contribution in [0.15, 0.2) is 120 Å². The van der Waals surface area contributed by atoms with E-state index < -0.39 is 6.85 Å². The standard InChI is InChI=1S/C42H36N2O/c1-25(2)33-22-31(28-13-7-6-8-14-28)23-34(26(3)4)40(33)44-37-18-12-11-17-36(37)43-42(44)32-20-19-27(5)39-35-21-29-15-9-10-16-30(29)24-38(35)45-41(32)39/h6-26H,1-5H3/p+1/i5D3. The third-order valence-corrected chi connectivity index (χ3v) is 9.11. The number of rotatable bonds is 5. The molecule has 0 bridgehead atoms. The number of fused-ring (bicyclic) bond motifs is 5. The van der Waals surface area contributed by atoms with E-state index in [9.17, 15) is 0 Å². The van der Waals surface area contributed by atoms with Gasteiger partial charge in [0, 0.05) is 26.0 Å². The average Bonchev–Trinajstić information content (AvgIpc) is 3.64. The van der Waals surface area contributed by atoms with Crippen LogP contribution < -0.4 is 4.57 Å². The second-order valence-corrected chi connectivity index (χ2v) is 12.7. The third-order valence-electron chi connectivity index (χ3n) is 9.11. The molecule has 3 nitrogen and oxygen atoms in total. The highest BCUT2D eigenvalue weighted by Crippen LogP contribution is 2.41. The van der Waals surface area contributed by atoms with Gasteiger partial charge >= 0.3 is 0 Å². The molecular formula is C42H37N2O+. The van der Waals surface area contributed by atoms with Gasteiger partial charge < -0.3 is 4.42 Å². The molecule has 2 heterocycles. The lowest BCUT2D eigenvalue weighted by Gasteiger charge is -2.20. The van der Waals surface area contributed by atoms with E-state index in [-0.39, 0.29) is 17.4 Å². The van der Waals surface area contributed by atoms with Gasteiger partial charge in [0.1, 0.15) is 16.8 Å². The highest BCUT2D eigenvalue weighted by atomic mass is 16.3. The zero-order valence-corrected chi connectivity index (χ0v) is 26.0. The van der Waals surface area contributed by atoms with E-state index in [4.69, 9.17) is 8.53 Å². The van der Waals surface area contributed by atoms with Gasteiger partial charge in [-0.3, -0.25) is 0 Å². The van der Waals surface area contributed by atoms with Crippen molar-refractivity contribution in [3.05, 3.63) is 132 Å². The number of hydrogen-bond donors (Lipinski definition) is 1. The van der Waals surface area contributed by atoms with Crippen LogP contribution >= 0.6 is 0 Å². The summed E-state index contributed by atoms with van der Waals surface area (Å²) in [5.74, 6) is 1.30. The number of nitrogens with one attached hydrogen (secondary N) is 1. The zero-order chi connectivity index (χ0) is 33.3. The molecule has 0 spiro atoms. The van der Waals surface area contributed by atoms with Crippen LogP contribution in [-0.2, 0) is 0 Å². The van der Waals surface area contributed by atoms with Gasteiger partial charge in [-0.05, 0) is 88.6 Å². The first-order chi connectivity index (χ1) is 23.1. The minimum atomic E-state index is -2.32. The predicted octanol–water partition coefficient (Wildman–Crippen LogP) is 11.4. The van der Waals surface area contributed by atoms with Gasteiger partial charge in [-0.25, -0.2) is 4.98 Å². The lowest BCUT2D eigenvalue weighted by Crippen LogP contribution is -2.35. The van der Waals surface area contributed by atoms with Crippen molar-refractivity contribution in [1.82, 2.24) is 4.98 Å². The maximum atomic E-state index is 8.49. The molecule has 220 valence electrons. The quantitative estimate of drug-likeness (QED) is 0.199.